The molecule has 2 aromatic rings. The molecule has 0 saturated heterocycles. The summed E-state index contributed by atoms with van der Waals surface area (Å²) in [5, 5.41) is 0. The van der Waals surface area contributed by atoms with Gasteiger partial charge in [0.05, 0.1) is 5.75 Å². The van der Waals surface area contributed by atoms with Crippen LogP contribution in [-0.4, -0.2) is 25.5 Å². The van der Waals surface area contributed by atoms with Crippen LogP contribution < -0.4 is 5.73 Å². The van der Waals surface area contributed by atoms with Gasteiger partial charge in [-0.15, -0.1) is 0 Å². The molecule has 0 saturated carbocycles. The van der Waals surface area contributed by atoms with Crippen molar-refractivity contribution >= 4 is 15.7 Å². The van der Waals surface area contributed by atoms with Crippen molar-refractivity contribution in [2.75, 3.05) is 18.5 Å². The SMILES string of the molecule is CN(Cc1ccccc1)S(=O)(=O)CCc1ccc(N)cc1. The Hall–Kier alpha value is -1.85. The molecule has 112 valence electrons. The molecule has 0 atom stereocenters. The maximum Gasteiger partial charge on any atom is 0.214 e. The van der Waals surface area contributed by atoms with Crippen LogP contribution in [0.5, 0.6) is 0 Å². The van der Waals surface area contributed by atoms with Crippen LogP contribution in [0.4, 0.5) is 5.69 Å². The average Bonchev–Trinajstić information content (AvgIpc) is 2.48. The third-order valence-electron chi connectivity index (χ3n) is 3.35. The molecule has 0 heterocycles. The maximum atomic E-state index is 12.3. The Morgan fingerprint density at radius 2 is 1.57 bits per heavy atom. The lowest BCUT2D eigenvalue weighted by Crippen LogP contribution is -2.29. The summed E-state index contributed by atoms with van der Waals surface area (Å²) < 4.78 is 26.0. The van der Waals surface area contributed by atoms with Crippen LogP contribution in [0.15, 0.2) is 54.6 Å². The monoisotopic (exact) mass is 304 g/mol. The lowest BCUT2D eigenvalue weighted by atomic mass is 10.2. The van der Waals surface area contributed by atoms with E-state index in [0.29, 0.717) is 18.7 Å². The highest BCUT2D eigenvalue weighted by Gasteiger charge is 2.17. The number of rotatable bonds is 6. The van der Waals surface area contributed by atoms with Gasteiger partial charge in [0.15, 0.2) is 0 Å². The Labute approximate surface area is 126 Å². The quantitative estimate of drug-likeness (QED) is 0.833. The van der Waals surface area contributed by atoms with E-state index in [4.69, 9.17) is 5.73 Å². The van der Waals surface area contributed by atoms with Crippen molar-refractivity contribution in [2.45, 2.75) is 13.0 Å². The fourth-order valence-electron chi connectivity index (χ4n) is 2.03. The molecular weight excluding hydrogens is 284 g/mol. The summed E-state index contributed by atoms with van der Waals surface area (Å²) in [6.07, 6.45) is 0.488. The van der Waals surface area contributed by atoms with Crippen molar-refractivity contribution in [3.05, 3.63) is 65.7 Å². The van der Waals surface area contributed by atoms with E-state index >= 15 is 0 Å². The van der Waals surface area contributed by atoms with Gasteiger partial charge in [-0.25, -0.2) is 12.7 Å². The van der Waals surface area contributed by atoms with Gasteiger partial charge in [0, 0.05) is 19.3 Å². The first-order valence-corrected chi connectivity index (χ1v) is 8.41. The molecule has 0 aliphatic rings. The molecule has 0 aliphatic carbocycles. The van der Waals surface area contributed by atoms with Gasteiger partial charge in [0.25, 0.3) is 0 Å². The van der Waals surface area contributed by atoms with Gasteiger partial charge in [-0.05, 0) is 29.7 Å². The first-order valence-electron chi connectivity index (χ1n) is 6.80. The summed E-state index contributed by atoms with van der Waals surface area (Å²) in [6.45, 7) is 0.394. The molecular formula is C16H20N2O2S. The Bertz CT molecular complexity index is 667. The number of benzene rings is 2. The van der Waals surface area contributed by atoms with Crippen molar-refractivity contribution < 1.29 is 8.42 Å². The first-order chi connectivity index (χ1) is 9.97. The van der Waals surface area contributed by atoms with Crippen LogP contribution in [0, 0.1) is 0 Å². The number of hydrogen-bond acceptors (Lipinski definition) is 3. The predicted molar refractivity (Wildman–Crippen MR) is 86.3 cm³/mol. The van der Waals surface area contributed by atoms with Crippen molar-refractivity contribution in [3.8, 4) is 0 Å². The van der Waals surface area contributed by atoms with Gasteiger partial charge in [0.1, 0.15) is 0 Å². The number of nitrogens with zero attached hydrogens (tertiary/aromatic N) is 1. The normalized spacial score (nSPS) is 11.7. The van der Waals surface area contributed by atoms with E-state index in [9.17, 15) is 8.42 Å². The lowest BCUT2D eigenvalue weighted by Gasteiger charge is -2.17. The topological polar surface area (TPSA) is 63.4 Å². The minimum atomic E-state index is -3.26. The molecule has 0 bridgehead atoms. The number of sulfonamides is 1. The standard InChI is InChI=1S/C16H20N2O2S/c1-18(13-15-5-3-2-4-6-15)21(19,20)12-11-14-7-9-16(17)10-8-14/h2-10H,11-13,17H2,1H3. The number of hydrogen-bond donors (Lipinski definition) is 1. The third-order valence-corrected chi connectivity index (χ3v) is 5.15. The summed E-state index contributed by atoms with van der Waals surface area (Å²) in [7, 11) is -1.65. The van der Waals surface area contributed by atoms with Crippen LogP contribution in [0.3, 0.4) is 0 Å². The third kappa shape index (κ3) is 4.58. The molecule has 2 aromatic carbocycles. The lowest BCUT2D eigenvalue weighted by molar-refractivity contribution is 0.466. The Morgan fingerprint density at radius 3 is 2.19 bits per heavy atom. The zero-order valence-electron chi connectivity index (χ0n) is 12.1. The van der Waals surface area contributed by atoms with Crippen LogP contribution in [0.2, 0.25) is 0 Å². The molecule has 0 amide bonds. The highest BCUT2D eigenvalue weighted by Crippen LogP contribution is 2.11. The smallest absolute Gasteiger partial charge is 0.214 e. The van der Waals surface area contributed by atoms with Gasteiger partial charge in [-0.1, -0.05) is 42.5 Å². The molecule has 0 aromatic heterocycles. The number of aryl methyl sites for hydroxylation is 1. The Kier molecular flexibility index (Phi) is 4.98. The first kappa shape index (κ1) is 15.5. The minimum absolute atomic E-state index is 0.0975. The van der Waals surface area contributed by atoms with E-state index in [1.165, 1.54) is 4.31 Å². The van der Waals surface area contributed by atoms with E-state index < -0.39 is 10.0 Å². The molecule has 0 aliphatic heterocycles. The number of nitrogen functional groups attached to an aromatic ring is 1. The fourth-order valence-corrected chi connectivity index (χ4v) is 3.18. The van der Waals surface area contributed by atoms with Gasteiger partial charge in [0.2, 0.25) is 10.0 Å². The van der Waals surface area contributed by atoms with E-state index in [0.717, 1.165) is 11.1 Å². The van der Waals surface area contributed by atoms with E-state index in [-0.39, 0.29) is 5.75 Å². The summed E-state index contributed by atoms with van der Waals surface area (Å²) in [6, 6.07) is 16.9. The summed E-state index contributed by atoms with van der Waals surface area (Å²) >= 11 is 0. The predicted octanol–water partition coefficient (Wildman–Crippen LogP) is 2.27. The molecule has 4 nitrogen and oxygen atoms in total. The summed E-state index contributed by atoms with van der Waals surface area (Å²) in [4.78, 5) is 0. The second-order valence-corrected chi connectivity index (χ2v) is 7.24. The van der Waals surface area contributed by atoms with E-state index in [1.807, 2.05) is 42.5 Å². The number of nitrogens with two attached hydrogens (primary N) is 1. The van der Waals surface area contributed by atoms with Crippen LogP contribution in [0.1, 0.15) is 11.1 Å². The van der Waals surface area contributed by atoms with Crippen LogP contribution >= 0.6 is 0 Å². The zero-order chi connectivity index (χ0) is 15.3. The Morgan fingerprint density at radius 1 is 0.952 bits per heavy atom. The summed E-state index contributed by atoms with van der Waals surface area (Å²) in [5.74, 6) is 0.0975. The molecule has 5 heteroatoms. The molecule has 0 unspecified atom stereocenters. The molecule has 0 spiro atoms. The minimum Gasteiger partial charge on any atom is -0.399 e. The molecule has 2 rings (SSSR count). The zero-order valence-corrected chi connectivity index (χ0v) is 12.9. The summed E-state index contributed by atoms with van der Waals surface area (Å²) in [5.41, 5.74) is 8.25. The molecule has 0 radical (unpaired) electrons. The van der Waals surface area contributed by atoms with Crippen molar-refractivity contribution in [2.24, 2.45) is 0 Å². The second kappa shape index (κ2) is 6.74. The molecule has 0 fully saturated rings. The highest BCUT2D eigenvalue weighted by molar-refractivity contribution is 7.89. The van der Waals surface area contributed by atoms with Crippen LogP contribution in [0.25, 0.3) is 0 Å². The molecule has 2 N–H and O–H groups in total. The van der Waals surface area contributed by atoms with Gasteiger partial charge in [-0.3, -0.25) is 0 Å². The van der Waals surface area contributed by atoms with Gasteiger partial charge >= 0.3 is 0 Å². The fraction of sp³-hybridized carbons (Fsp3) is 0.250. The highest BCUT2D eigenvalue weighted by atomic mass is 32.2. The van der Waals surface area contributed by atoms with Gasteiger partial charge < -0.3 is 5.73 Å². The van der Waals surface area contributed by atoms with Crippen LogP contribution in [-0.2, 0) is 23.0 Å². The Balaban J connectivity index is 1.96. The largest absolute Gasteiger partial charge is 0.399 e. The van der Waals surface area contributed by atoms with Crippen molar-refractivity contribution in [3.63, 3.8) is 0 Å². The van der Waals surface area contributed by atoms with E-state index in [1.54, 1.807) is 19.2 Å². The maximum absolute atomic E-state index is 12.3. The number of anilines is 1. The molecule has 21 heavy (non-hydrogen) atoms. The second-order valence-electron chi connectivity index (χ2n) is 5.05. The van der Waals surface area contributed by atoms with Crippen molar-refractivity contribution in [1.82, 2.24) is 4.31 Å². The van der Waals surface area contributed by atoms with E-state index in [2.05, 4.69) is 0 Å². The van der Waals surface area contributed by atoms with Gasteiger partial charge in [-0.2, -0.15) is 0 Å². The average molecular weight is 304 g/mol. The van der Waals surface area contributed by atoms with Crippen molar-refractivity contribution in [1.29, 1.82) is 0 Å².